The van der Waals surface area contributed by atoms with E-state index in [-0.39, 0.29) is 36.3 Å². The molecule has 0 unspecified atom stereocenters. The zero-order valence-electron chi connectivity index (χ0n) is 27.3. The average molecular weight is 663 g/mol. The van der Waals surface area contributed by atoms with Crippen molar-refractivity contribution >= 4 is 10.0 Å². The fourth-order valence-electron chi connectivity index (χ4n) is 6.05. The number of aliphatic hydroxyl groups excluding tert-OH is 1. The van der Waals surface area contributed by atoms with E-state index in [1.165, 1.54) is 5.56 Å². The van der Waals surface area contributed by atoms with Crippen molar-refractivity contribution in [2.45, 2.75) is 55.9 Å². The van der Waals surface area contributed by atoms with Gasteiger partial charge in [-0.25, -0.2) is 13.1 Å². The minimum Gasteiger partial charge on any atom is -0.392 e. The third-order valence-electron chi connectivity index (χ3n) is 9.01. The van der Waals surface area contributed by atoms with E-state index in [1.54, 1.807) is 30.3 Å². The smallest absolute Gasteiger partial charge is 0.240 e. The molecule has 0 spiro atoms. The van der Waals surface area contributed by atoms with Crippen LogP contribution in [0.3, 0.4) is 0 Å². The highest BCUT2D eigenvalue weighted by Gasteiger charge is 2.33. The molecule has 0 amide bonds. The van der Waals surface area contributed by atoms with Gasteiger partial charge in [0.25, 0.3) is 0 Å². The molecule has 7 nitrogen and oxygen atoms in total. The number of aliphatic hydroxyl groups is 1. The Hall–Kier alpha value is -4.15. The van der Waals surface area contributed by atoms with Crippen LogP contribution < -0.4 is 4.72 Å². The fourth-order valence-corrected chi connectivity index (χ4v) is 7.09. The molecule has 0 aliphatic carbocycles. The maximum atomic E-state index is 12.7. The fraction of sp³-hybridized carbons (Fsp3) is 0.250. The first-order valence-corrected chi connectivity index (χ1v) is 17.8. The molecule has 2 N–H and O–H groups in total. The minimum absolute atomic E-state index is 0.000883. The molecule has 8 heteroatoms. The average Bonchev–Trinajstić information content (AvgIpc) is 3.14. The van der Waals surface area contributed by atoms with Crippen LogP contribution in [0.25, 0.3) is 11.1 Å². The van der Waals surface area contributed by atoms with Crippen LogP contribution in [0.5, 0.6) is 0 Å². The third-order valence-corrected chi connectivity index (χ3v) is 10.4. The molecule has 0 bridgehead atoms. The maximum absolute atomic E-state index is 12.7. The number of hydrogen-bond acceptors (Lipinski definition) is 6. The summed E-state index contributed by atoms with van der Waals surface area (Å²) in [4.78, 5) is 2.57. The second-order valence-corrected chi connectivity index (χ2v) is 14.1. The normalized spacial score (nSPS) is 18.9. The summed E-state index contributed by atoms with van der Waals surface area (Å²) in [6, 6.07) is 43.1. The van der Waals surface area contributed by atoms with Crippen molar-refractivity contribution in [1.82, 2.24) is 9.62 Å². The highest BCUT2D eigenvalue weighted by atomic mass is 32.2. The minimum atomic E-state index is -3.61. The third kappa shape index (κ3) is 8.28. The van der Waals surface area contributed by atoms with E-state index in [0.29, 0.717) is 6.42 Å². The molecule has 1 saturated heterocycles. The Labute approximate surface area is 283 Å². The molecule has 4 atom stereocenters. The van der Waals surface area contributed by atoms with Gasteiger partial charge in [0.1, 0.15) is 0 Å². The summed E-state index contributed by atoms with van der Waals surface area (Å²) in [6.07, 6.45) is -0.0874. The molecule has 0 aromatic heterocycles. The quantitative estimate of drug-likeness (QED) is 0.143. The zero-order chi connectivity index (χ0) is 33.5. The Kier molecular flexibility index (Phi) is 10.8. The number of sulfonamides is 1. The number of nitrogens with zero attached hydrogens (tertiary/aromatic N) is 1. The van der Waals surface area contributed by atoms with Crippen LogP contribution in [0.2, 0.25) is 0 Å². The van der Waals surface area contributed by atoms with E-state index in [9.17, 15) is 13.5 Å². The molecule has 5 aromatic carbocycles. The molecular weight excluding hydrogens is 621 g/mol. The molecule has 6 rings (SSSR count). The van der Waals surface area contributed by atoms with Crippen molar-refractivity contribution in [3.05, 3.63) is 161 Å². The predicted octanol–water partition coefficient (Wildman–Crippen LogP) is 7.56. The topological polar surface area (TPSA) is 88.1 Å². The van der Waals surface area contributed by atoms with Gasteiger partial charge < -0.3 is 14.6 Å². The zero-order valence-corrected chi connectivity index (χ0v) is 28.1. The van der Waals surface area contributed by atoms with Crippen molar-refractivity contribution in [2.24, 2.45) is 0 Å². The van der Waals surface area contributed by atoms with Crippen LogP contribution in [0.1, 0.15) is 59.6 Å². The molecule has 1 aliphatic rings. The van der Waals surface area contributed by atoms with Gasteiger partial charge in [-0.3, -0.25) is 4.90 Å². The van der Waals surface area contributed by atoms with E-state index in [4.69, 9.17) is 9.47 Å². The monoisotopic (exact) mass is 662 g/mol. The van der Waals surface area contributed by atoms with E-state index in [1.807, 2.05) is 78.9 Å². The van der Waals surface area contributed by atoms with Gasteiger partial charge in [0.2, 0.25) is 10.0 Å². The van der Waals surface area contributed by atoms with Crippen molar-refractivity contribution in [2.75, 3.05) is 13.6 Å². The van der Waals surface area contributed by atoms with Gasteiger partial charge in [0, 0.05) is 31.1 Å². The lowest BCUT2D eigenvalue weighted by molar-refractivity contribution is -0.253. The maximum Gasteiger partial charge on any atom is 0.240 e. The van der Waals surface area contributed by atoms with Gasteiger partial charge in [-0.15, -0.1) is 0 Å². The second kappa shape index (κ2) is 15.4. The lowest BCUT2D eigenvalue weighted by Crippen LogP contribution is -2.38. The van der Waals surface area contributed by atoms with Gasteiger partial charge in [-0.1, -0.05) is 115 Å². The summed E-state index contributed by atoms with van der Waals surface area (Å²) in [5.74, 6) is 0. The Balaban J connectivity index is 1.18. The second-order valence-electron chi connectivity index (χ2n) is 12.3. The molecule has 1 fully saturated rings. The number of nitrogens with one attached hydrogen (secondary N) is 1. The van der Waals surface area contributed by atoms with Crippen LogP contribution in [-0.4, -0.2) is 38.1 Å². The van der Waals surface area contributed by atoms with Crippen LogP contribution >= 0.6 is 0 Å². The summed E-state index contributed by atoms with van der Waals surface area (Å²) in [6.45, 7) is 3.14. The highest BCUT2D eigenvalue weighted by Crippen LogP contribution is 2.39. The molecular formula is C40H42N2O5S. The Bertz CT molecular complexity index is 1870. The molecule has 1 heterocycles. The summed E-state index contributed by atoms with van der Waals surface area (Å²) in [5.41, 5.74) is 6.95. The van der Waals surface area contributed by atoms with Crippen LogP contribution in [0, 0.1) is 0 Å². The summed E-state index contributed by atoms with van der Waals surface area (Å²) >= 11 is 0. The highest BCUT2D eigenvalue weighted by molar-refractivity contribution is 7.89. The Morgan fingerprint density at radius 2 is 1.44 bits per heavy atom. The predicted molar refractivity (Wildman–Crippen MR) is 188 cm³/mol. The summed E-state index contributed by atoms with van der Waals surface area (Å²) in [7, 11) is -1.47. The molecule has 48 heavy (non-hydrogen) atoms. The summed E-state index contributed by atoms with van der Waals surface area (Å²) < 4.78 is 41.4. The van der Waals surface area contributed by atoms with E-state index < -0.39 is 16.3 Å². The van der Waals surface area contributed by atoms with Gasteiger partial charge >= 0.3 is 0 Å². The van der Waals surface area contributed by atoms with Crippen LogP contribution in [-0.2, 0) is 32.6 Å². The number of ether oxygens (including phenoxy) is 2. The number of rotatable bonds is 12. The largest absolute Gasteiger partial charge is 0.392 e. The van der Waals surface area contributed by atoms with Gasteiger partial charge in [-0.2, -0.15) is 0 Å². The number of hydrogen-bond donors (Lipinski definition) is 2. The van der Waals surface area contributed by atoms with E-state index in [2.05, 4.69) is 47.9 Å². The Morgan fingerprint density at radius 1 is 0.771 bits per heavy atom. The molecule has 1 aliphatic heterocycles. The van der Waals surface area contributed by atoms with Gasteiger partial charge in [0.15, 0.2) is 6.29 Å². The van der Waals surface area contributed by atoms with Crippen molar-refractivity contribution in [3.63, 3.8) is 0 Å². The Morgan fingerprint density at radius 3 is 2.12 bits per heavy atom. The van der Waals surface area contributed by atoms with Crippen molar-refractivity contribution in [1.29, 1.82) is 0 Å². The standard InChI is InChI=1S/C40H42N2O5S/c1-29(32-11-5-3-6-12-32)42(2)27-37-25-39(34-18-16-30(28-43)17-19-34)47-40(46-37)35-22-20-33(21-23-35)36-13-9-10-31(24-36)26-41-48(44,45)38-14-7-4-8-15-38/h3-24,29,37,39-41,43H,25-28H2,1-2H3/t29-,37+,39-,40-/m0/s1. The summed E-state index contributed by atoms with van der Waals surface area (Å²) in [5, 5.41) is 9.55. The molecule has 5 aromatic rings. The van der Waals surface area contributed by atoms with Gasteiger partial charge in [-0.05, 0) is 65.6 Å². The SMILES string of the molecule is C[C@@H](c1ccccc1)N(C)C[C@H]1C[C@@H](c2ccc(CO)cc2)O[C@@H](c2ccc(-c3cccc(CNS(=O)(=O)c4ccccc4)c3)cc2)O1. The number of benzene rings is 5. The van der Waals surface area contributed by atoms with E-state index in [0.717, 1.165) is 39.9 Å². The van der Waals surface area contributed by atoms with Crippen molar-refractivity contribution < 1.29 is 23.0 Å². The van der Waals surface area contributed by atoms with Gasteiger partial charge in [0.05, 0.1) is 23.7 Å². The van der Waals surface area contributed by atoms with Crippen LogP contribution in [0.4, 0.5) is 0 Å². The first-order valence-electron chi connectivity index (χ1n) is 16.3. The lowest BCUT2D eigenvalue weighted by atomic mass is 9.98. The van der Waals surface area contributed by atoms with E-state index >= 15 is 0 Å². The lowest BCUT2D eigenvalue weighted by Gasteiger charge is -2.39. The number of likely N-dealkylation sites (N-methyl/N-ethyl adjacent to an activating group) is 1. The first kappa shape index (κ1) is 33.7. The van der Waals surface area contributed by atoms with Crippen molar-refractivity contribution in [3.8, 4) is 11.1 Å². The van der Waals surface area contributed by atoms with Crippen LogP contribution in [0.15, 0.2) is 138 Å². The molecule has 0 saturated carbocycles. The first-order chi connectivity index (χ1) is 23.3. The molecule has 0 radical (unpaired) electrons. The molecule has 248 valence electrons.